The van der Waals surface area contributed by atoms with Crippen molar-refractivity contribution in [1.29, 1.82) is 0 Å². The molecule has 3 heteroatoms. The Labute approximate surface area is 186 Å². The Hall–Kier alpha value is -2.03. The lowest BCUT2D eigenvalue weighted by molar-refractivity contribution is 0.103. The van der Waals surface area contributed by atoms with Gasteiger partial charge in [-0.05, 0) is 112 Å². The van der Waals surface area contributed by atoms with E-state index < -0.39 is 0 Å². The Balaban J connectivity index is 1.45. The first-order valence-electron chi connectivity index (χ1n) is 12.9. The molecule has 164 valence electrons. The van der Waals surface area contributed by atoms with Crippen LogP contribution in [0.5, 0.6) is 0 Å². The number of nitrogens with zero attached hydrogens (tertiary/aromatic N) is 2. The zero-order valence-electron chi connectivity index (χ0n) is 19.5. The van der Waals surface area contributed by atoms with Crippen LogP contribution < -0.4 is 0 Å². The summed E-state index contributed by atoms with van der Waals surface area (Å²) < 4.78 is 5.26. The fraction of sp³-hybridized carbons (Fsp3) is 0.607. The minimum absolute atomic E-state index is 0.294. The Morgan fingerprint density at radius 1 is 0.806 bits per heavy atom. The molecule has 4 aliphatic rings. The van der Waals surface area contributed by atoms with E-state index in [0.29, 0.717) is 17.9 Å². The maximum Gasteiger partial charge on any atom is 0.190 e. The van der Waals surface area contributed by atoms with Gasteiger partial charge < -0.3 is 9.13 Å². The number of Topliss-reactive ketones (excluding diaryl/α,β-unsaturated/α-hetero) is 1. The van der Waals surface area contributed by atoms with Crippen LogP contribution in [0.3, 0.4) is 0 Å². The smallest absolute Gasteiger partial charge is 0.190 e. The third kappa shape index (κ3) is 2.68. The zero-order chi connectivity index (χ0) is 21.3. The van der Waals surface area contributed by atoms with Crippen LogP contribution in [-0.4, -0.2) is 14.9 Å². The third-order valence-corrected chi connectivity index (χ3v) is 8.80. The Morgan fingerprint density at radius 2 is 1.39 bits per heavy atom. The first-order chi connectivity index (χ1) is 15.1. The molecule has 2 atom stereocenters. The number of hydrogen-bond acceptors (Lipinski definition) is 1. The lowest BCUT2D eigenvalue weighted by atomic mass is 9.91. The quantitative estimate of drug-likeness (QED) is 0.412. The number of carbonyl (C=O) groups excluding carboxylic acids is 1. The predicted octanol–water partition coefficient (Wildman–Crippen LogP) is 6.35. The van der Waals surface area contributed by atoms with Gasteiger partial charge in [-0.2, -0.15) is 0 Å². The molecule has 2 aromatic rings. The molecule has 0 N–H and O–H groups in total. The molecule has 0 amide bonds. The summed E-state index contributed by atoms with van der Waals surface area (Å²) in [5.74, 6) is 0.294. The number of aromatic nitrogens is 2. The van der Waals surface area contributed by atoms with Crippen LogP contribution in [0.25, 0.3) is 6.08 Å². The summed E-state index contributed by atoms with van der Waals surface area (Å²) in [6, 6.07) is 1.36. The van der Waals surface area contributed by atoms with Crippen molar-refractivity contribution in [2.75, 3.05) is 0 Å². The molecule has 0 aromatic carbocycles. The fourth-order valence-electron chi connectivity index (χ4n) is 7.55. The van der Waals surface area contributed by atoms with E-state index in [2.05, 4.69) is 36.0 Å². The summed E-state index contributed by atoms with van der Waals surface area (Å²) in [5, 5.41) is 0. The molecule has 6 rings (SSSR count). The summed E-state index contributed by atoms with van der Waals surface area (Å²) in [6.45, 7) is 6.60. The number of carbonyl (C=O) groups is 1. The van der Waals surface area contributed by atoms with E-state index in [9.17, 15) is 4.79 Å². The molecular weight excluding hydrogens is 380 g/mol. The Morgan fingerprint density at radius 3 is 2.03 bits per heavy atom. The number of hydrogen-bond donors (Lipinski definition) is 0. The van der Waals surface area contributed by atoms with E-state index in [1.165, 1.54) is 85.1 Å². The van der Waals surface area contributed by atoms with E-state index in [4.69, 9.17) is 0 Å². The topological polar surface area (TPSA) is 26.9 Å². The van der Waals surface area contributed by atoms with E-state index in [1.54, 1.807) is 5.69 Å². The normalized spacial score (nSPS) is 23.9. The monoisotopic (exact) mass is 416 g/mol. The van der Waals surface area contributed by atoms with Crippen molar-refractivity contribution in [2.45, 2.75) is 110 Å². The number of rotatable bonds is 5. The number of allylic oxidation sites excluding steroid dienone is 1. The Kier molecular flexibility index (Phi) is 4.59. The van der Waals surface area contributed by atoms with Crippen LogP contribution in [-0.2, 0) is 38.5 Å². The molecule has 6 heterocycles. The molecule has 4 aliphatic heterocycles. The van der Waals surface area contributed by atoms with Crippen molar-refractivity contribution in [2.24, 2.45) is 0 Å². The highest BCUT2D eigenvalue weighted by molar-refractivity contribution is 6.13. The minimum Gasteiger partial charge on any atom is -0.345 e. The lowest BCUT2D eigenvalue weighted by Crippen LogP contribution is -2.14. The van der Waals surface area contributed by atoms with Gasteiger partial charge in [0.1, 0.15) is 0 Å². The zero-order valence-corrected chi connectivity index (χ0v) is 19.5. The van der Waals surface area contributed by atoms with Gasteiger partial charge in [-0.3, -0.25) is 4.79 Å². The highest BCUT2D eigenvalue weighted by Gasteiger charge is 2.36. The third-order valence-electron chi connectivity index (χ3n) is 8.80. The summed E-state index contributed by atoms with van der Waals surface area (Å²) in [4.78, 5) is 13.9. The molecule has 0 aliphatic carbocycles. The van der Waals surface area contributed by atoms with Crippen LogP contribution in [0, 0.1) is 0 Å². The van der Waals surface area contributed by atoms with Crippen molar-refractivity contribution in [3.63, 3.8) is 0 Å². The summed E-state index contributed by atoms with van der Waals surface area (Å²) in [7, 11) is 0. The predicted molar refractivity (Wildman–Crippen MR) is 126 cm³/mol. The van der Waals surface area contributed by atoms with Crippen LogP contribution in [0.1, 0.15) is 121 Å². The van der Waals surface area contributed by atoms with E-state index in [-0.39, 0.29) is 0 Å². The second kappa shape index (κ2) is 7.25. The molecule has 2 aromatic heterocycles. The molecule has 0 unspecified atom stereocenters. The minimum atomic E-state index is 0.294. The van der Waals surface area contributed by atoms with Crippen LogP contribution in [0.15, 0.2) is 5.57 Å². The van der Waals surface area contributed by atoms with Gasteiger partial charge in [-0.25, -0.2) is 0 Å². The average Bonchev–Trinajstić information content (AvgIpc) is 3.54. The molecule has 0 saturated heterocycles. The largest absolute Gasteiger partial charge is 0.345 e. The van der Waals surface area contributed by atoms with Gasteiger partial charge in [-0.15, -0.1) is 0 Å². The summed E-state index contributed by atoms with van der Waals surface area (Å²) in [6.07, 6.45) is 16.7. The molecule has 0 fully saturated rings. The van der Waals surface area contributed by atoms with Gasteiger partial charge in [0.2, 0.25) is 0 Å². The molecule has 0 bridgehead atoms. The first kappa shape index (κ1) is 19.6. The van der Waals surface area contributed by atoms with Crippen LogP contribution in [0.4, 0.5) is 0 Å². The standard InChI is InChI=1S/C28H36N2O/c1-4-20-22(25-14-12-18-8-6-10-23(20)29(18)25)16-17(3)28(31)27-21(5-2)24-11-7-9-19-13-15-26(27)30(19)24/h16,18-19H,4-15H2,1-3H3/b17-16+/t18-,19-/m1/s1. The highest BCUT2D eigenvalue weighted by Crippen LogP contribution is 2.44. The van der Waals surface area contributed by atoms with Gasteiger partial charge in [0, 0.05) is 40.4 Å². The van der Waals surface area contributed by atoms with Crippen molar-refractivity contribution in [1.82, 2.24) is 9.13 Å². The molecule has 0 spiro atoms. The van der Waals surface area contributed by atoms with Crippen LogP contribution in [0.2, 0.25) is 0 Å². The van der Waals surface area contributed by atoms with E-state index in [0.717, 1.165) is 36.8 Å². The number of ketones is 1. The molecular formula is C28H36N2O. The molecule has 0 saturated carbocycles. The van der Waals surface area contributed by atoms with E-state index >= 15 is 0 Å². The van der Waals surface area contributed by atoms with Gasteiger partial charge in [0.15, 0.2) is 5.78 Å². The van der Waals surface area contributed by atoms with Crippen molar-refractivity contribution in [3.8, 4) is 0 Å². The van der Waals surface area contributed by atoms with Gasteiger partial charge in [0.25, 0.3) is 0 Å². The van der Waals surface area contributed by atoms with E-state index in [1.807, 2.05) is 0 Å². The van der Waals surface area contributed by atoms with Gasteiger partial charge in [-0.1, -0.05) is 13.8 Å². The van der Waals surface area contributed by atoms with Crippen molar-refractivity contribution in [3.05, 3.63) is 50.6 Å². The van der Waals surface area contributed by atoms with Crippen molar-refractivity contribution >= 4 is 11.9 Å². The molecule has 3 nitrogen and oxygen atoms in total. The summed E-state index contributed by atoms with van der Waals surface area (Å²) >= 11 is 0. The summed E-state index contributed by atoms with van der Waals surface area (Å²) in [5.41, 5.74) is 12.2. The lowest BCUT2D eigenvalue weighted by Gasteiger charge is -2.23. The maximum absolute atomic E-state index is 13.9. The Bertz CT molecular complexity index is 1100. The second-order valence-electron chi connectivity index (χ2n) is 10.3. The first-order valence-corrected chi connectivity index (χ1v) is 12.9. The molecule has 31 heavy (non-hydrogen) atoms. The second-order valence-corrected chi connectivity index (χ2v) is 10.3. The SMILES string of the molecule is CCc1c(/C=C(\C)C(=O)c2c(CC)c3n4c2CC[C@H]4CCC3)c2n3c1CCC[C@@H]3CC2. The fourth-order valence-corrected chi connectivity index (χ4v) is 7.55. The van der Waals surface area contributed by atoms with Crippen molar-refractivity contribution < 1.29 is 4.79 Å². The maximum atomic E-state index is 13.9. The average molecular weight is 417 g/mol. The van der Waals surface area contributed by atoms with Gasteiger partial charge in [0.05, 0.1) is 0 Å². The van der Waals surface area contributed by atoms with Crippen LogP contribution >= 0.6 is 0 Å². The molecule has 0 radical (unpaired) electrons. The van der Waals surface area contributed by atoms with Gasteiger partial charge >= 0.3 is 0 Å². The highest BCUT2D eigenvalue weighted by atomic mass is 16.1.